The number of pyridine rings is 1. The van der Waals surface area contributed by atoms with Gasteiger partial charge in [-0.05, 0) is 41.5 Å². The van der Waals surface area contributed by atoms with Crippen LogP contribution in [0.1, 0.15) is 4.88 Å². The summed E-state index contributed by atoms with van der Waals surface area (Å²) in [5.41, 5.74) is 0. The fourth-order valence-electron chi connectivity index (χ4n) is 2.06. The Kier molecular flexibility index (Phi) is 3.33. The highest BCUT2D eigenvalue weighted by molar-refractivity contribution is 7.09. The molecule has 0 fully saturated rings. The van der Waals surface area contributed by atoms with Crippen molar-refractivity contribution in [2.45, 2.75) is 6.42 Å². The van der Waals surface area contributed by atoms with Crippen LogP contribution in [-0.2, 0) is 6.42 Å². The normalized spacial score (nSPS) is 10.7. The van der Waals surface area contributed by atoms with Gasteiger partial charge in [0.15, 0.2) is 0 Å². The van der Waals surface area contributed by atoms with Crippen LogP contribution in [0.3, 0.4) is 0 Å². The largest absolute Gasteiger partial charge is 0.508 e. The lowest BCUT2D eigenvalue weighted by molar-refractivity contribution is 0.476. The second-order valence-corrected chi connectivity index (χ2v) is 5.35. The van der Waals surface area contributed by atoms with Crippen molar-refractivity contribution in [2.24, 2.45) is 0 Å². The van der Waals surface area contributed by atoms with E-state index in [2.05, 4.69) is 27.8 Å². The second-order valence-electron chi connectivity index (χ2n) is 4.32. The molecule has 0 spiro atoms. The summed E-state index contributed by atoms with van der Waals surface area (Å²) >= 11 is 1.76. The van der Waals surface area contributed by atoms with Crippen molar-refractivity contribution in [1.29, 1.82) is 0 Å². The van der Waals surface area contributed by atoms with Crippen molar-refractivity contribution >= 4 is 27.9 Å². The second kappa shape index (κ2) is 5.28. The molecular weight excluding hydrogens is 256 g/mol. The predicted molar refractivity (Wildman–Crippen MR) is 79.9 cm³/mol. The number of aromatic hydroxyl groups is 1. The number of hydrogen-bond donors (Lipinski definition) is 2. The lowest BCUT2D eigenvalue weighted by atomic mass is 10.1. The molecule has 0 aliphatic heterocycles. The standard InChI is InChI=1S/C15H14N2OS/c18-12-4-3-11-5-7-16-15(14(11)10-12)17-8-6-13-2-1-9-19-13/h1-5,7,9-10,18H,6,8H2,(H,16,17). The van der Waals surface area contributed by atoms with E-state index in [-0.39, 0.29) is 5.75 Å². The Morgan fingerprint density at radius 2 is 2.16 bits per heavy atom. The maximum atomic E-state index is 9.58. The minimum absolute atomic E-state index is 0.266. The van der Waals surface area contributed by atoms with E-state index in [4.69, 9.17) is 0 Å². The molecule has 0 saturated carbocycles. The fourth-order valence-corrected chi connectivity index (χ4v) is 2.77. The lowest BCUT2D eigenvalue weighted by Crippen LogP contribution is -2.05. The molecule has 3 nitrogen and oxygen atoms in total. The molecule has 2 heterocycles. The van der Waals surface area contributed by atoms with Gasteiger partial charge in [-0.3, -0.25) is 0 Å². The van der Waals surface area contributed by atoms with Crippen molar-refractivity contribution in [3.8, 4) is 5.75 Å². The Hall–Kier alpha value is -2.07. The van der Waals surface area contributed by atoms with Crippen LogP contribution in [0, 0.1) is 0 Å². The molecule has 0 radical (unpaired) electrons. The number of fused-ring (bicyclic) bond motifs is 1. The van der Waals surface area contributed by atoms with Crippen LogP contribution in [-0.4, -0.2) is 16.6 Å². The Bertz CT molecular complexity index is 680. The third kappa shape index (κ3) is 2.69. The molecule has 4 heteroatoms. The van der Waals surface area contributed by atoms with Crippen molar-refractivity contribution in [1.82, 2.24) is 4.98 Å². The number of phenols is 1. The topological polar surface area (TPSA) is 45.2 Å². The van der Waals surface area contributed by atoms with Crippen molar-refractivity contribution in [2.75, 3.05) is 11.9 Å². The van der Waals surface area contributed by atoms with Crippen molar-refractivity contribution < 1.29 is 5.11 Å². The van der Waals surface area contributed by atoms with Gasteiger partial charge in [0.2, 0.25) is 0 Å². The molecule has 0 saturated heterocycles. The van der Waals surface area contributed by atoms with Crippen LogP contribution >= 0.6 is 11.3 Å². The predicted octanol–water partition coefficient (Wildman–Crippen LogP) is 3.66. The van der Waals surface area contributed by atoms with Gasteiger partial charge in [0.05, 0.1) is 0 Å². The summed E-state index contributed by atoms with van der Waals surface area (Å²) in [6.45, 7) is 0.836. The number of aromatic nitrogens is 1. The van der Waals surface area contributed by atoms with E-state index in [0.29, 0.717) is 0 Å². The molecule has 19 heavy (non-hydrogen) atoms. The number of benzene rings is 1. The highest BCUT2D eigenvalue weighted by atomic mass is 32.1. The van der Waals surface area contributed by atoms with E-state index in [0.717, 1.165) is 29.6 Å². The van der Waals surface area contributed by atoms with Crippen LogP contribution in [0.5, 0.6) is 5.75 Å². The molecule has 0 atom stereocenters. The average Bonchev–Trinajstić information content (AvgIpc) is 2.92. The van der Waals surface area contributed by atoms with E-state index in [1.54, 1.807) is 29.7 Å². The molecular formula is C15H14N2OS. The van der Waals surface area contributed by atoms with E-state index in [9.17, 15) is 5.11 Å². The van der Waals surface area contributed by atoms with Crippen molar-refractivity contribution in [3.63, 3.8) is 0 Å². The first-order valence-corrected chi connectivity index (χ1v) is 7.05. The minimum atomic E-state index is 0.266. The first-order chi connectivity index (χ1) is 9.33. The Morgan fingerprint density at radius 1 is 1.21 bits per heavy atom. The molecule has 96 valence electrons. The number of nitrogens with one attached hydrogen (secondary N) is 1. The molecule has 0 aliphatic rings. The van der Waals surface area contributed by atoms with Crippen molar-refractivity contribution in [3.05, 3.63) is 52.9 Å². The van der Waals surface area contributed by atoms with E-state index in [1.807, 2.05) is 12.1 Å². The summed E-state index contributed by atoms with van der Waals surface area (Å²) in [5.74, 6) is 1.09. The Labute approximate surface area is 115 Å². The molecule has 0 unspecified atom stereocenters. The summed E-state index contributed by atoms with van der Waals surface area (Å²) in [4.78, 5) is 5.71. The number of phenolic OH excluding ortho intramolecular Hbond substituents is 1. The zero-order chi connectivity index (χ0) is 13.1. The van der Waals surface area contributed by atoms with Crippen LogP contribution in [0.15, 0.2) is 48.0 Å². The molecule has 3 rings (SSSR count). The molecule has 0 aliphatic carbocycles. The van der Waals surface area contributed by atoms with E-state index < -0.39 is 0 Å². The highest BCUT2D eigenvalue weighted by Gasteiger charge is 2.03. The number of thiophene rings is 1. The lowest BCUT2D eigenvalue weighted by Gasteiger charge is -2.08. The SMILES string of the molecule is Oc1ccc2ccnc(NCCc3cccs3)c2c1. The zero-order valence-electron chi connectivity index (χ0n) is 10.3. The maximum Gasteiger partial charge on any atom is 0.133 e. The fraction of sp³-hybridized carbons (Fsp3) is 0.133. The van der Waals surface area contributed by atoms with Crippen LogP contribution < -0.4 is 5.32 Å². The number of anilines is 1. The Morgan fingerprint density at radius 3 is 3.00 bits per heavy atom. The molecule has 0 amide bonds. The molecule has 3 aromatic rings. The van der Waals surface area contributed by atoms with Crippen LogP contribution in [0.25, 0.3) is 10.8 Å². The minimum Gasteiger partial charge on any atom is -0.508 e. The first kappa shape index (κ1) is 12.0. The first-order valence-electron chi connectivity index (χ1n) is 6.17. The van der Waals surface area contributed by atoms with E-state index in [1.165, 1.54) is 4.88 Å². The van der Waals surface area contributed by atoms with Gasteiger partial charge in [-0.25, -0.2) is 4.98 Å². The zero-order valence-corrected chi connectivity index (χ0v) is 11.2. The summed E-state index contributed by atoms with van der Waals surface area (Å²) < 4.78 is 0. The number of rotatable bonds is 4. The summed E-state index contributed by atoms with van der Waals surface area (Å²) in [6.07, 6.45) is 2.77. The smallest absolute Gasteiger partial charge is 0.133 e. The van der Waals surface area contributed by atoms with Gasteiger partial charge in [-0.1, -0.05) is 12.1 Å². The summed E-state index contributed by atoms with van der Waals surface area (Å²) in [5, 5.41) is 17.0. The molecule has 2 aromatic heterocycles. The quantitative estimate of drug-likeness (QED) is 0.760. The third-order valence-corrected chi connectivity index (χ3v) is 3.93. The van der Waals surface area contributed by atoms with E-state index >= 15 is 0 Å². The molecule has 0 bridgehead atoms. The number of nitrogens with zero attached hydrogens (tertiary/aromatic N) is 1. The average molecular weight is 270 g/mol. The van der Waals surface area contributed by atoms with Gasteiger partial charge in [0, 0.05) is 23.0 Å². The Balaban J connectivity index is 1.78. The van der Waals surface area contributed by atoms with Gasteiger partial charge in [-0.15, -0.1) is 11.3 Å². The summed E-state index contributed by atoms with van der Waals surface area (Å²) in [7, 11) is 0. The number of hydrogen-bond acceptors (Lipinski definition) is 4. The van der Waals surface area contributed by atoms with Crippen LogP contribution in [0.2, 0.25) is 0 Å². The van der Waals surface area contributed by atoms with Gasteiger partial charge in [0.1, 0.15) is 11.6 Å². The van der Waals surface area contributed by atoms with Gasteiger partial charge >= 0.3 is 0 Å². The third-order valence-electron chi connectivity index (χ3n) is 2.99. The highest BCUT2D eigenvalue weighted by Crippen LogP contribution is 2.25. The molecule has 2 N–H and O–H groups in total. The van der Waals surface area contributed by atoms with Gasteiger partial charge in [-0.2, -0.15) is 0 Å². The monoisotopic (exact) mass is 270 g/mol. The maximum absolute atomic E-state index is 9.58. The van der Waals surface area contributed by atoms with Gasteiger partial charge in [0.25, 0.3) is 0 Å². The molecule has 1 aromatic carbocycles. The van der Waals surface area contributed by atoms with Crippen LogP contribution in [0.4, 0.5) is 5.82 Å². The van der Waals surface area contributed by atoms with Gasteiger partial charge < -0.3 is 10.4 Å². The summed E-state index contributed by atoms with van der Waals surface area (Å²) in [6, 6.07) is 11.5.